The Bertz CT molecular complexity index is 1200. The molecule has 1 saturated heterocycles. The van der Waals surface area contributed by atoms with E-state index in [4.69, 9.17) is 5.26 Å². The van der Waals surface area contributed by atoms with Gasteiger partial charge in [0.1, 0.15) is 6.07 Å². The van der Waals surface area contributed by atoms with Crippen LogP contribution in [0.4, 0.5) is 10.1 Å². The van der Waals surface area contributed by atoms with E-state index >= 15 is 0 Å². The molecule has 4 rings (SSSR count). The van der Waals surface area contributed by atoms with E-state index in [0.29, 0.717) is 0 Å². The van der Waals surface area contributed by atoms with Crippen molar-refractivity contribution in [2.24, 2.45) is 7.05 Å². The van der Waals surface area contributed by atoms with Gasteiger partial charge in [-0.15, -0.1) is 0 Å². The third-order valence-electron chi connectivity index (χ3n) is 5.26. The van der Waals surface area contributed by atoms with Gasteiger partial charge in [-0.25, -0.2) is 17.8 Å². The second-order valence-corrected chi connectivity index (χ2v) is 9.13. The number of benzene rings is 2. The molecule has 30 heavy (non-hydrogen) atoms. The minimum Gasteiger partial charge on any atom is -0.378 e. The van der Waals surface area contributed by atoms with Crippen molar-refractivity contribution in [3.05, 3.63) is 78.0 Å². The van der Waals surface area contributed by atoms with Crippen molar-refractivity contribution in [3.8, 4) is 6.07 Å². The highest BCUT2D eigenvalue weighted by molar-refractivity contribution is 7.89. The molecule has 0 amide bonds. The van der Waals surface area contributed by atoms with E-state index in [1.807, 2.05) is 36.4 Å². The summed E-state index contributed by atoms with van der Waals surface area (Å²) in [6, 6.07) is 15.5. The molecule has 1 aliphatic heterocycles. The summed E-state index contributed by atoms with van der Waals surface area (Å²) < 4.78 is 43.8. The largest absolute Gasteiger partial charge is 0.378 e. The highest BCUT2D eigenvalue weighted by atomic mass is 32.2. The topological polar surface area (TPSA) is 91.0 Å². The van der Waals surface area contributed by atoms with E-state index in [9.17, 15) is 12.8 Å². The number of halogens is 1. The molecule has 2 aromatic carbocycles. The zero-order valence-electron chi connectivity index (χ0n) is 16.2. The number of rotatable bonds is 5. The Morgan fingerprint density at radius 3 is 2.60 bits per heavy atom. The number of nitrogens with one attached hydrogen (secondary N) is 1. The maximum absolute atomic E-state index is 14.6. The zero-order valence-corrected chi connectivity index (χ0v) is 17.1. The number of nitrogens with zero attached hydrogens (tertiary/aromatic N) is 4. The second-order valence-electron chi connectivity index (χ2n) is 7.25. The number of sulfonamides is 1. The van der Waals surface area contributed by atoms with Crippen LogP contribution in [0.5, 0.6) is 0 Å². The van der Waals surface area contributed by atoms with Crippen LogP contribution in [0.1, 0.15) is 17.0 Å². The standard InChI is InChI=1S/C21H20FN5O2S/c1-26-13-20(24-14-26)30(28,29)27-11-17(15-6-3-2-4-7-15)19(12-27)25-18-9-5-8-16(10-23)21(18)22/h2-9,13-14,17,19,25H,11-12H2,1H3. The normalized spacial score (nSPS) is 19.5. The fraction of sp³-hybridized carbons (Fsp3) is 0.238. The van der Waals surface area contributed by atoms with Crippen LogP contribution in [0.2, 0.25) is 0 Å². The highest BCUT2D eigenvalue weighted by Crippen LogP contribution is 2.33. The molecule has 0 spiro atoms. The number of anilines is 1. The summed E-state index contributed by atoms with van der Waals surface area (Å²) in [7, 11) is -2.09. The highest BCUT2D eigenvalue weighted by Gasteiger charge is 2.41. The molecule has 2 unspecified atom stereocenters. The summed E-state index contributed by atoms with van der Waals surface area (Å²) in [5.41, 5.74) is 1.06. The van der Waals surface area contributed by atoms with Crippen molar-refractivity contribution in [1.29, 1.82) is 5.26 Å². The van der Waals surface area contributed by atoms with Crippen LogP contribution >= 0.6 is 0 Å². The van der Waals surface area contributed by atoms with Gasteiger partial charge in [0.15, 0.2) is 10.8 Å². The first-order valence-corrected chi connectivity index (χ1v) is 10.8. The van der Waals surface area contributed by atoms with Gasteiger partial charge in [0.05, 0.1) is 17.6 Å². The van der Waals surface area contributed by atoms with Crippen molar-refractivity contribution >= 4 is 15.7 Å². The lowest BCUT2D eigenvalue weighted by Crippen LogP contribution is -2.32. The van der Waals surface area contributed by atoms with Crippen LogP contribution in [-0.2, 0) is 17.1 Å². The molecule has 2 heterocycles. The number of nitriles is 1. The van der Waals surface area contributed by atoms with E-state index in [1.54, 1.807) is 23.7 Å². The molecule has 1 fully saturated rings. The Balaban J connectivity index is 1.68. The lowest BCUT2D eigenvalue weighted by atomic mass is 9.94. The number of aryl methyl sites for hydroxylation is 1. The zero-order chi connectivity index (χ0) is 21.3. The SMILES string of the molecule is Cn1cnc(S(=O)(=O)N2CC(Nc3cccc(C#N)c3F)C(c3ccccc3)C2)c1. The van der Waals surface area contributed by atoms with Crippen LogP contribution in [0.3, 0.4) is 0 Å². The van der Waals surface area contributed by atoms with E-state index in [0.717, 1.165) is 5.56 Å². The number of hydrogen-bond donors (Lipinski definition) is 1. The van der Waals surface area contributed by atoms with Crippen molar-refractivity contribution in [3.63, 3.8) is 0 Å². The molecule has 7 nitrogen and oxygen atoms in total. The Hall–Kier alpha value is -3.22. The Morgan fingerprint density at radius 1 is 1.17 bits per heavy atom. The molecule has 0 saturated carbocycles. The van der Waals surface area contributed by atoms with Gasteiger partial charge in [-0.1, -0.05) is 36.4 Å². The molecule has 1 aromatic heterocycles. The fourth-order valence-electron chi connectivity index (χ4n) is 3.73. The summed E-state index contributed by atoms with van der Waals surface area (Å²) in [5.74, 6) is -0.840. The molecule has 3 aromatic rings. The first kappa shape index (κ1) is 20.1. The molecule has 2 atom stereocenters. The van der Waals surface area contributed by atoms with Gasteiger partial charge in [0.25, 0.3) is 10.0 Å². The summed E-state index contributed by atoms with van der Waals surface area (Å²) in [6.07, 6.45) is 2.90. The van der Waals surface area contributed by atoms with E-state index in [1.165, 1.54) is 22.9 Å². The van der Waals surface area contributed by atoms with Gasteiger partial charge >= 0.3 is 0 Å². The first-order chi connectivity index (χ1) is 14.4. The molecule has 0 bridgehead atoms. The molecule has 0 aliphatic carbocycles. The maximum Gasteiger partial charge on any atom is 0.262 e. The number of imidazole rings is 1. The van der Waals surface area contributed by atoms with Crippen LogP contribution in [0.25, 0.3) is 0 Å². The van der Waals surface area contributed by atoms with Crippen molar-refractivity contribution in [2.45, 2.75) is 17.0 Å². The Morgan fingerprint density at radius 2 is 1.93 bits per heavy atom. The van der Waals surface area contributed by atoms with Crippen LogP contribution in [0.15, 0.2) is 66.1 Å². The van der Waals surface area contributed by atoms with E-state index in [2.05, 4.69) is 10.3 Å². The number of aromatic nitrogens is 2. The summed E-state index contributed by atoms with van der Waals surface area (Å²) >= 11 is 0. The monoisotopic (exact) mass is 425 g/mol. The van der Waals surface area contributed by atoms with Crippen LogP contribution in [-0.4, -0.2) is 41.4 Å². The molecule has 154 valence electrons. The molecule has 1 N–H and O–H groups in total. The van der Waals surface area contributed by atoms with Gasteiger partial charge in [-0.2, -0.15) is 9.57 Å². The lowest BCUT2D eigenvalue weighted by Gasteiger charge is -2.21. The van der Waals surface area contributed by atoms with Gasteiger partial charge < -0.3 is 9.88 Å². The minimum atomic E-state index is -3.79. The first-order valence-electron chi connectivity index (χ1n) is 9.38. The van der Waals surface area contributed by atoms with Gasteiger partial charge in [-0.05, 0) is 17.7 Å². The Kier molecular flexibility index (Phi) is 5.28. The summed E-state index contributed by atoms with van der Waals surface area (Å²) in [6.45, 7) is 0.384. The predicted molar refractivity (Wildman–Crippen MR) is 110 cm³/mol. The summed E-state index contributed by atoms with van der Waals surface area (Å²) in [4.78, 5) is 3.99. The predicted octanol–water partition coefficient (Wildman–Crippen LogP) is 2.70. The third kappa shape index (κ3) is 3.67. The smallest absolute Gasteiger partial charge is 0.262 e. The second kappa shape index (κ2) is 7.89. The van der Waals surface area contributed by atoms with E-state index < -0.39 is 15.8 Å². The average Bonchev–Trinajstić information content (AvgIpc) is 3.37. The van der Waals surface area contributed by atoms with E-state index in [-0.39, 0.29) is 41.3 Å². The van der Waals surface area contributed by atoms with Crippen LogP contribution in [0, 0.1) is 17.1 Å². The Labute approximate surface area is 174 Å². The van der Waals surface area contributed by atoms with Crippen LogP contribution < -0.4 is 5.32 Å². The van der Waals surface area contributed by atoms with Gasteiger partial charge in [0, 0.05) is 38.3 Å². The molecule has 1 aliphatic rings. The third-order valence-corrected chi connectivity index (χ3v) is 6.98. The quantitative estimate of drug-likeness (QED) is 0.679. The van der Waals surface area contributed by atoms with Crippen molar-refractivity contribution < 1.29 is 12.8 Å². The van der Waals surface area contributed by atoms with Gasteiger partial charge in [-0.3, -0.25) is 0 Å². The fourth-order valence-corrected chi connectivity index (χ4v) is 5.19. The molecule has 9 heteroatoms. The average molecular weight is 425 g/mol. The van der Waals surface area contributed by atoms with Gasteiger partial charge in [0.2, 0.25) is 0 Å². The van der Waals surface area contributed by atoms with Crippen molar-refractivity contribution in [2.75, 3.05) is 18.4 Å². The minimum absolute atomic E-state index is 0.0184. The van der Waals surface area contributed by atoms with Crippen molar-refractivity contribution in [1.82, 2.24) is 13.9 Å². The molecule has 0 radical (unpaired) electrons. The lowest BCUT2D eigenvalue weighted by molar-refractivity contribution is 0.468. The summed E-state index contributed by atoms with van der Waals surface area (Å²) in [5, 5.41) is 12.2. The maximum atomic E-state index is 14.6. The molecular weight excluding hydrogens is 405 g/mol. The number of hydrogen-bond acceptors (Lipinski definition) is 5. The molecular formula is C21H20FN5O2S.